The molecule has 1 aliphatic rings. The largest absolute Gasteiger partial charge is 0.462 e. The van der Waals surface area contributed by atoms with Gasteiger partial charge in [0.05, 0.1) is 6.61 Å². The lowest BCUT2D eigenvalue weighted by molar-refractivity contribution is -0.277. The molecule has 2 aromatic rings. The number of aliphatic hydroxyl groups is 4. The van der Waals surface area contributed by atoms with Gasteiger partial charge in [-0.1, -0.05) is 24.3 Å². The highest BCUT2D eigenvalue weighted by atomic mass is 16.7. The summed E-state index contributed by atoms with van der Waals surface area (Å²) in [6, 6.07) is 15.9. The minimum absolute atomic E-state index is 0.345. The van der Waals surface area contributed by atoms with Crippen LogP contribution in [0.2, 0.25) is 0 Å². The van der Waals surface area contributed by atoms with Crippen LogP contribution in [0.3, 0.4) is 0 Å². The maximum atomic E-state index is 10.0. The fourth-order valence-corrected chi connectivity index (χ4v) is 2.53. The van der Waals surface area contributed by atoms with Gasteiger partial charge in [0.15, 0.2) is 0 Å². The number of hydrogen-bond acceptors (Lipinski definition) is 7. The number of para-hydroxylation sites is 1. The summed E-state index contributed by atoms with van der Waals surface area (Å²) in [5.41, 5.74) is 0. The van der Waals surface area contributed by atoms with Crippen LogP contribution >= 0.6 is 0 Å². The van der Waals surface area contributed by atoms with Crippen molar-refractivity contribution < 1.29 is 34.6 Å². The molecule has 1 aliphatic heterocycles. The molecule has 1 heterocycles. The summed E-state index contributed by atoms with van der Waals surface area (Å²) in [5, 5.41) is 38.8. The zero-order chi connectivity index (χ0) is 17.8. The molecule has 1 fully saturated rings. The minimum Gasteiger partial charge on any atom is -0.462 e. The number of rotatable bonds is 5. The van der Waals surface area contributed by atoms with Crippen molar-refractivity contribution in [2.45, 2.75) is 30.7 Å². The average Bonchev–Trinajstić information content (AvgIpc) is 2.63. The Kier molecular flexibility index (Phi) is 5.52. The number of ether oxygens (including phenoxy) is 3. The molecule has 0 unspecified atom stereocenters. The third-order valence-corrected chi connectivity index (χ3v) is 3.89. The van der Waals surface area contributed by atoms with E-state index in [4.69, 9.17) is 14.2 Å². The molecule has 4 N–H and O–H groups in total. The predicted molar refractivity (Wildman–Crippen MR) is 87.4 cm³/mol. The van der Waals surface area contributed by atoms with Crippen molar-refractivity contribution in [2.75, 3.05) is 6.61 Å². The zero-order valence-corrected chi connectivity index (χ0v) is 13.3. The van der Waals surface area contributed by atoms with E-state index >= 15 is 0 Å². The Hall–Kier alpha value is -2.16. The summed E-state index contributed by atoms with van der Waals surface area (Å²) in [5.74, 6) is 1.53. The predicted octanol–water partition coefficient (Wildman–Crippen LogP) is 0.658. The van der Waals surface area contributed by atoms with Gasteiger partial charge >= 0.3 is 0 Å². The van der Waals surface area contributed by atoms with Crippen LogP contribution in [0.1, 0.15) is 0 Å². The lowest BCUT2D eigenvalue weighted by Gasteiger charge is -2.39. The van der Waals surface area contributed by atoms with E-state index in [1.807, 2.05) is 30.3 Å². The molecular formula is C18H20O7. The van der Waals surface area contributed by atoms with E-state index < -0.39 is 37.3 Å². The fourth-order valence-electron chi connectivity index (χ4n) is 2.53. The quantitative estimate of drug-likeness (QED) is 0.628. The molecule has 2 aromatic carbocycles. The second kappa shape index (κ2) is 7.81. The Morgan fingerprint density at radius 3 is 2.20 bits per heavy atom. The van der Waals surface area contributed by atoms with Gasteiger partial charge in [0.2, 0.25) is 6.29 Å². The summed E-state index contributed by atoms with van der Waals surface area (Å²) in [6.07, 6.45) is -6.63. The summed E-state index contributed by atoms with van der Waals surface area (Å²) in [7, 11) is 0. The van der Waals surface area contributed by atoms with Crippen molar-refractivity contribution >= 4 is 0 Å². The van der Waals surface area contributed by atoms with Gasteiger partial charge in [-0.3, -0.25) is 0 Å². The van der Waals surface area contributed by atoms with Gasteiger partial charge in [0.1, 0.15) is 41.7 Å². The normalized spacial score (nSPS) is 29.2. The topological polar surface area (TPSA) is 109 Å². The minimum atomic E-state index is -1.49. The Bertz CT molecular complexity index is 676. The van der Waals surface area contributed by atoms with Crippen LogP contribution in [-0.2, 0) is 4.74 Å². The molecule has 0 radical (unpaired) electrons. The SMILES string of the molecule is OC[C@H]1O[C@@H](Oc2cccc(Oc3ccccc3)c2)[C@H](O)[C@@H](O)[C@@H]1O. The van der Waals surface area contributed by atoms with Crippen molar-refractivity contribution in [1.82, 2.24) is 0 Å². The first-order valence-electron chi connectivity index (χ1n) is 7.88. The highest BCUT2D eigenvalue weighted by Gasteiger charge is 2.44. The molecule has 25 heavy (non-hydrogen) atoms. The van der Waals surface area contributed by atoms with Gasteiger partial charge in [-0.25, -0.2) is 0 Å². The van der Waals surface area contributed by atoms with Gasteiger partial charge in [-0.05, 0) is 24.3 Å². The maximum Gasteiger partial charge on any atom is 0.229 e. The third kappa shape index (κ3) is 4.09. The van der Waals surface area contributed by atoms with Gasteiger partial charge in [0.25, 0.3) is 0 Å². The lowest BCUT2D eigenvalue weighted by atomic mass is 9.99. The highest BCUT2D eigenvalue weighted by molar-refractivity contribution is 5.36. The van der Waals surface area contributed by atoms with Crippen LogP contribution in [-0.4, -0.2) is 57.7 Å². The second-order valence-corrected chi connectivity index (χ2v) is 5.71. The lowest BCUT2D eigenvalue weighted by Crippen LogP contribution is -2.60. The smallest absolute Gasteiger partial charge is 0.229 e. The van der Waals surface area contributed by atoms with Crippen LogP contribution in [0.4, 0.5) is 0 Å². The molecule has 0 bridgehead atoms. The first kappa shape index (κ1) is 17.7. The Morgan fingerprint density at radius 2 is 1.48 bits per heavy atom. The van der Waals surface area contributed by atoms with Crippen molar-refractivity contribution in [3.63, 3.8) is 0 Å². The number of aliphatic hydroxyl groups excluding tert-OH is 4. The van der Waals surface area contributed by atoms with Gasteiger partial charge in [-0.2, -0.15) is 0 Å². The van der Waals surface area contributed by atoms with Gasteiger partial charge in [-0.15, -0.1) is 0 Å². The van der Waals surface area contributed by atoms with Crippen molar-refractivity contribution in [1.29, 1.82) is 0 Å². The molecule has 7 heteroatoms. The van der Waals surface area contributed by atoms with Gasteiger partial charge in [0, 0.05) is 6.07 Å². The molecule has 0 aliphatic carbocycles. The molecule has 0 spiro atoms. The van der Waals surface area contributed by atoms with E-state index in [2.05, 4.69) is 0 Å². The molecule has 7 nitrogen and oxygen atoms in total. The van der Waals surface area contributed by atoms with E-state index in [0.717, 1.165) is 0 Å². The Labute approximate surface area is 144 Å². The molecule has 0 amide bonds. The van der Waals surface area contributed by atoms with Crippen molar-refractivity contribution in [3.05, 3.63) is 54.6 Å². The standard InChI is InChI=1S/C18H20O7/c19-10-14-15(20)16(21)17(22)18(25-14)24-13-8-4-7-12(9-13)23-11-5-2-1-3-6-11/h1-9,14-22H,10H2/t14-,15-,16+,17-,18-/m1/s1. The molecule has 134 valence electrons. The Morgan fingerprint density at radius 1 is 0.800 bits per heavy atom. The summed E-state index contributed by atoms with van der Waals surface area (Å²) in [6.45, 7) is -0.512. The molecular weight excluding hydrogens is 328 g/mol. The summed E-state index contributed by atoms with van der Waals surface area (Å²) < 4.78 is 16.6. The molecule has 5 atom stereocenters. The molecule has 0 aromatic heterocycles. The van der Waals surface area contributed by atoms with E-state index in [1.165, 1.54) is 0 Å². The first-order chi connectivity index (χ1) is 12.1. The van der Waals surface area contributed by atoms with E-state index in [-0.39, 0.29) is 0 Å². The van der Waals surface area contributed by atoms with Crippen LogP contribution in [0, 0.1) is 0 Å². The van der Waals surface area contributed by atoms with Crippen molar-refractivity contribution in [2.24, 2.45) is 0 Å². The molecule has 1 saturated heterocycles. The van der Waals surface area contributed by atoms with E-state index in [1.54, 1.807) is 24.3 Å². The van der Waals surface area contributed by atoms with Crippen molar-refractivity contribution in [3.8, 4) is 17.2 Å². The molecule has 0 saturated carbocycles. The Balaban J connectivity index is 1.71. The molecule has 3 rings (SSSR count). The third-order valence-electron chi connectivity index (χ3n) is 3.89. The van der Waals surface area contributed by atoms with Crippen LogP contribution < -0.4 is 9.47 Å². The first-order valence-corrected chi connectivity index (χ1v) is 7.88. The summed E-state index contributed by atoms with van der Waals surface area (Å²) >= 11 is 0. The van der Waals surface area contributed by atoms with Crippen LogP contribution in [0.15, 0.2) is 54.6 Å². The van der Waals surface area contributed by atoms with E-state index in [0.29, 0.717) is 17.2 Å². The summed E-state index contributed by atoms with van der Waals surface area (Å²) in [4.78, 5) is 0. The number of benzene rings is 2. The monoisotopic (exact) mass is 348 g/mol. The average molecular weight is 348 g/mol. The number of hydrogen-bond donors (Lipinski definition) is 4. The highest BCUT2D eigenvalue weighted by Crippen LogP contribution is 2.28. The maximum absolute atomic E-state index is 10.0. The fraction of sp³-hybridized carbons (Fsp3) is 0.333. The second-order valence-electron chi connectivity index (χ2n) is 5.71. The van der Waals surface area contributed by atoms with Crippen LogP contribution in [0.25, 0.3) is 0 Å². The van der Waals surface area contributed by atoms with Crippen LogP contribution in [0.5, 0.6) is 17.2 Å². The zero-order valence-electron chi connectivity index (χ0n) is 13.3. The van der Waals surface area contributed by atoms with E-state index in [9.17, 15) is 20.4 Å². The van der Waals surface area contributed by atoms with Gasteiger partial charge < -0.3 is 34.6 Å².